The molecule has 0 aromatic carbocycles. The predicted molar refractivity (Wildman–Crippen MR) is 43.8 cm³/mol. The highest BCUT2D eigenvalue weighted by molar-refractivity contribution is 6.30. The zero-order valence-electron chi connectivity index (χ0n) is 6.81. The molecule has 1 rings (SSSR count). The summed E-state index contributed by atoms with van der Waals surface area (Å²) in [6.45, 7) is -0.150. The first kappa shape index (κ1) is 11.1. The van der Waals surface area contributed by atoms with Gasteiger partial charge in [0.05, 0.1) is 10.7 Å². The van der Waals surface area contributed by atoms with Crippen molar-refractivity contribution in [3.05, 3.63) is 23.0 Å². The number of hydrogen-bond acceptors (Lipinski definition) is 3. The Morgan fingerprint density at radius 1 is 1.50 bits per heavy atom. The summed E-state index contributed by atoms with van der Waals surface area (Å²) in [5, 5.41) is 0.0569. The predicted octanol–water partition coefficient (Wildman–Crippen LogP) is 2.09. The number of halogens is 4. The minimum atomic E-state index is -4.77. The molecule has 0 saturated heterocycles. The number of pyridine rings is 1. The lowest BCUT2D eigenvalue weighted by molar-refractivity contribution is -0.275. The van der Waals surface area contributed by atoms with Gasteiger partial charge in [-0.1, -0.05) is 11.6 Å². The highest BCUT2D eigenvalue weighted by Gasteiger charge is 2.32. The first-order chi connectivity index (χ1) is 6.42. The van der Waals surface area contributed by atoms with Crippen molar-refractivity contribution in [2.45, 2.75) is 12.9 Å². The molecule has 0 atom stereocenters. The number of hydrogen-bond donors (Lipinski definition) is 1. The van der Waals surface area contributed by atoms with Gasteiger partial charge in [0.1, 0.15) is 0 Å². The monoisotopic (exact) mass is 226 g/mol. The van der Waals surface area contributed by atoms with Crippen LogP contribution in [0.4, 0.5) is 13.2 Å². The number of nitrogens with two attached hydrogens (primary N) is 1. The van der Waals surface area contributed by atoms with Gasteiger partial charge < -0.3 is 10.5 Å². The Labute approximate surface area is 82.6 Å². The number of aromatic nitrogens is 1. The van der Waals surface area contributed by atoms with Crippen molar-refractivity contribution in [1.82, 2.24) is 4.98 Å². The van der Waals surface area contributed by atoms with E-state index in [0.29, 0.717) is 0 Å². The van der Waals surface area contributed by atoms with Gasteiger partial charge in [-0.2, -0.15) is 0 Å². The van der Waals surface area contributed by atoms with E-state index in [1.165, 1.54) is 6.20 Å². The van der Waals surface area contributed by atoms with Crippen LogP contribution < -0.4 is 10.5 Å². The summed E-state index contributed by atoms with van der Waals surface area (Å²) in [6, 6.07) is 1.02. The second kappa shape index (κ2) is 4.02. The molecule has 0 amide bonds. The van der Waals surface area contributed by atoms with Crippen molar-refractivity contribution < 1.29 is 17.9 Å². The number of rotatable bonds is 2. The molecular formula is C7H6ClF3N2O. The Morgan fingerprint density at radius 3 is 2.64 bits per heavy atom. The zero-order valence-corrected chi connectivity index (χ0v) is 7.56. The fourth-order valence-corrected chi connectivity index (χ4v) is 0.963. The molecule has 0 aliphatic rings. The van der Waals surface area contributed by atoms with Gasteiger partial charge in [-0.3, -0.25) is 4.98 Å². The SMILES string of the molecule is NCc1ncc(Cl)cc1OC(F)(F)F. The van der Waals surface area contributed by atoms with Crippen LogP contribution in [0, 0.1) is 0 Å². The van der Waals surface area contributed by atoms with Crippen molar-refractivity contribution in [1.29, 1.82) is 0 Å². The van der Waals surface area contributed by atoms with Gasteiger partial charge in [0.25, 0.3) is 0 Å². The van der Waals surface area contributed by atoms with Crippen LogP contribution in [-0.4, -0.2) is 11.3 Å². The van der Waals surface area contributed by atoms with Crippen LogP contribution >= 0.6 is 11.6 Å². The Balaban J connectivity index is 2.99. The van der Waals surface area contributed by atoms with E-state index in [-0.39, 0.29) is 17.3 Å². The van der Waals surface area contributed by atoms with Gasteiger partial charge >= 0.3 is 6.36 Å². The fourth-order valence-electron chi connectivity index (χ4n) is 0.815. The fraction of sp³-hybridized carbons (Fsp3) is 0.286. The van der Waals surface area contributed by atoms with E-state index in [4.69, 9.17) is 17.3 Å². The summed E-state index contributed by atoms with van der Waals surface area (Å²) in [5.41, 5.74) is 5.17. The van der Waals surface area contributed by atoms with Crippen LogP contribution in [0.2, 0.25) is 5.02 Å². The Bertz CT molecular complexity index is 329. The van der Waals surface area contributed by atoms with Crippen LogP contribution in [0.3, 0.4) is 0 Å². The molecule has 0 aliphatic heterocycles. The molecule has 2 N–H and O–H groups in total. The second-order valence-electron chi connectivity index (χ2n) is 2.35. The maximum atomic E-state index is 11.9. The topological polar surface area (TPSA) is 48.1 Å². The Morgan fingerprint density at radius 2 is 2.14 bits per heavy atom. The molecule has 0 unspecified atom stereocenters. The third-order valence-corrected chi connectivity index (χ3v) is 1.52. The molecule has 1 heterocycles. The lowest BCUT2D eigenvalue weighted by Crippen LogP contribution is -2.19. The maximum absolute atomic E-state index is 11.9. The standard InChI is InChI=1S/C7H6ClF3N2O/c8-4-1-6(14-7(9,10)11)5(2-12)13-3-4/h1,3H,2,12H2. The zero-order chi connectivity index (χ0) is 10.8. The lowest BCUT2D eigenvalue weighted by Gasteiger charge is -2.11. The minimum absolute atomic E-state index is 0.00623. The minimum Gasteiger partial charge on any atom is -0.404 e. The second-order valence-corrected chi connectivity index (χ2v) is 2.79. The van der Waals surface area contributed by atoms with Gasteiger partial charge in [-0.25, -0.2) is 0 Å². The normalized spacial score (nSPS) is 11.5. The molecule has 7 heteroatoms. The average Bonchev–Trinajstić information content (AvgIpc) is 2.01. The molecule has 1 aromatic rings. The number of ether oxygens (including phenoxy) is 1. The molecule has 0 aliphatic carbocycles. The molecule has 0 radical (unpaired) electrons. The van der Waals surface area contributed by atoms with E-state index in [9.17, 15) is 13.2 Å². The molecule has 0 fully saturated rings. The van der Waals surface area contributed by atoms with Crippen LogP contribution in [0.5, 0.6) is 5.75 Å². The Kier molecular flexibility index (Phi) is 3.17. The van der Waals surface area contributed by atoms with Gasteiger partial charge in [-0.15, -0.1) is 13.2 Å². The molecule has 0 saturated carbocycles. The smallest absolute Gasteiger partial charge is 0.404 e. The van der Waals surface area contributed by atoms with Crippen molar-refractivity contribution >= 4 is 11.6 Å². The van der Waals surface area contributed by atoms with E-state index in [1.807, 2.05) is 0 Å². The maximum Gasteiger partial charge on any atom is 0.573 e. The summed E-state index contributed by atoms with van der Waals surface area (Å²) < 4.78 is 39.2. The van der Waals surface area contributed by atoms with Crippen LogP contribution in [0.1, 0.15) is 5.69 Å². The summed E-state index contributed by atoms with van der Waals surface area (Å²) in [5.74, 6) is -0.465. The number of nitrogens with zero attached hydrogens (tertiary/aromatic N) is 1. The van der Waals surface area contributed by atoms with Crippen LogP contribution in [0.25, 0.3) is 0 Å². The van der Waals surface area contributed by atoms with E-state index in [0.717, 1.165) is 6.07 Å². The lowest BCUT2D eigenvalue weighted by atomic mass is 10.3. The van der Waals surface area contributed by atoms with E-state index in [2.05, 4.69) is 9.72 Å². The summed E-state index contributed by atoms with van der Waals surface area (Å²) >= 11 is 5.45. The van der Waals surface area contributed by atoms with Crippen molar-refractivity contribution in [3.8, 4) is 5.75 Å². The number of alkyl halides is 3. The van der Waals surface area contributed by atoms with Gasteiger partial charge in [0.15, 0.2) is 5.75 Å². The van der Waals surface area contributed by atoms with E-state index < -0.39 is 12.1 Å². The van der Waals surface area contributed by atoms with E-state index in [1.54, 1.807) is 0 Å². The van der Waals surface area contributed by atoms with Gasteiger partial charge in [-0.05, 0) is 0 Å². The largest absolute Gasteiger partial charge is 0.573 e. The summed E-state index contributed by atoms with van der Waals surface area (Å²) in [4.78, 5) is 3.60. The summed E-state index contributed by atoms with van der Waals surface area (Å²) in [6.07, 6.45) is -3.57. The van der Waals surface area contributed by atoms with Gasteiger partial charge in [0.2, 0.25) is 0 Å². The third kappa shape index (κ3) is 3.04. The van der Waals surface area contributed by atoms with Crippen LogP contribution in [0.15, 0.2) is 12.3 Å². The quantitative estimate of drug-likeness (QED) is 0.840. The van der Waals surface area contributed by atoms with Crippen molar-refractivity contribution in [3.63, 3.8) is 0 Å². The molecular weight excluding hydrogens is 221 g/mol. The highest BCUT2D eigenvalue weighted by atomic mass is 35.5. The molecule has 1 aromatic heterocycles. The van der Waals surface area contributed by atoms with Crippen molar-refractivity contribution in [2.75, 3.05) is 0 Å². The first-order valence-corrected chi connectivity index (χ1v) is 3.90. The molecule has 3 nitrogen and oxygen atoms in total. The van der Waals surface area contributed by atoms with Gasteiger partial charge in [0, 0.05) is 18.8 Å². The molecule has 0 spiro atoms. The third-order valence-electron chi connectivity index (χ3n) is 1.32. The first-order valence-electron chi connectivity index (χ1n) is 3.52. The Hall–Kier alpha value is -1.01. The molecule has 78 valence electrons. The highest BCUT2D eigenvalue weighted by Crippen LogP contribution is 2.27. The van der Waals surface area contributed by atoms with Crippen molar-refractivity contribution in [2.24, 2.45) is 5.73 Å². The molecule has 14 heavy (non-hydrogen) atoms. The van der Waals surface area contributed by atoms with Crippen LogP contribution in [-0.2, 0) is 6.54 Å². The van der Waals surface area contributed by atoms with E-state index >= 15 is 0 Å². The molecule has 0 bridgehead atoms. The average molecular weight is 227 g/mol. The summed E-state index contributed by atoms with van der Waals surface area (Å²) in [7, 11) is 0.